The fourth-order valence-corrected chi connectivity index (χ4v) is 4.23. The first-order valence-corrected chi connectivity index (χ1v) is 10.4. The van der Waals surface area contributed by atoms with E-state index in [1.807, 2.05) is 43.3 Å². The summed E-state index contributed by atoms with van der Waals surface area (Å²) in [4.78, 5) is 29.0. The second kappa shape index (κ2) is 7.81. The van der Waals surface area contributed by atoms with Gasteiger partial charge in [0, 0.05) is 27.5 Å². The minimum absolute atomic E-state index is 0.233. The van der Waals surface area contributed by atoms with E-state index in [0.717, 1.165) is 42.8 Å². The van der Waals surface area contributed by atoms with E-state index in [0.29, 0.717) is 10.6 Å². The van der Waals surface area contributed by atoms with Gasteiger partial charge in [0.2, 0.25) is 11.8 Å². The summed E-state index contributed by atoms with van der Waals surface area (Å²) in [5.74, 6) is -0.620. The Labute approximate surface area is 179 Å². The minimum Gasteiger partial charge on any atom is -0.493 e. The van der Waals surface area contributed by atoms with E-state index in [1.54, 1.807) is 18.4 Å². The van der Waals surface area contributed by atoms with Crippen molar-refractivity contribution in [1.82, 2.24) is 4.57 Å². The van der Waals surface area contributed by atoms with Crippen LogP contribution in [0.4, 0.5) is 11.4 Å². The van der Waals surface area contributed by atoms with Crippen LogP contribution in [0.1, 0.15) is 16.0 Å². The summed E-state index contributed by atoms with van der Waals surface area (Å²) in [6.45, 7) is 1.65. The summed E-state index contributed by atoms with van der Waals surface area (Å²) in [5, 5.41) is 13.3. The zero-order valence-corrected chi connectivity index (χ0v) is 17.8. The number of nitrogens with one attached hydrogen (secondary N) is 1. The van der Waals surface area contributed by atoms with Crippen molar-refractivity contribution in [2.45, 2.75) is 13.5 Å². The molecule has 0 fully saturated rings. The van der Waals surface area contributed by atoms with Crippen LogP contribution >= 0.6 is 27.3 Å². The van der Waals surface area contributed by atoms with Crippen LogP contribution in [-0.4, -0.2) is 21.8 Å². The molecule has 1 aliphatic heterocycles. The number of aromatic nitrogens is 1. The normalized spacial score (nSPS) is 13.7. The molecule has 4 rings (SSSR count). The van der Waals surface area contributed by atoms with Crippen molar-refractivity contribution in [3.05, 3.63) is 72.6 Å². The molecule has 6 nitrogen and oxygen atoms in total. The number of benzene rings is 2. The quantitative estimate of drug-likeness (QED) is 0.586. The number of nitrogens with zero attached hydrogens (tertiary/aromatic N) is 2. The number of allylic oxidation sites excluding steroid dienone is 1. The number of carbonyl (C=O) groups excluding carboxylic acids is 1. The monoisotopic (exact) mass is 469 g/mol. The number of rotatable bonds is 4. The molecule has 1 aromatic heterocycles. The van der Waals surface area contributed by atoms with E-state index in [9.17, 15) is 14.7 Å². The predicted octanol–water partition coefficient (Wildman–Crippen LogP) is 4.58. The van der Waals surface area contributed by atoms with E-state index in [2.05, 4.69) is 26.2 Å². The van der Waals surface area contributed by atoms with Crippen molar-refractivity contribution >= 4 is 62.4 Å². The van der Waals surface area contributed by atoms with E-state index in [4.69, 9.17) is 0 Å². The number of thiazole rings is 1. The molecule has 3 aromatic rings. The number of aryl methyl sites for hydroxylation is 1. The number of carbonyl (C=O) groups is 1. The summed E-state index contributed by atoms with van der Waals surface area (Å²) < 4.78 is 1.98. The van der Waals surface area contributed by atoms with Crippen LogP contribution in [0.2, 0.25) is 0 Å². The van der Waals surface area contributed by atoms with E-state index in [-0.39, 0.29) is 18.3 Å². The Balaban J connectivity index is 1.58. The molecule has 29 heavy (non-hydrogen) atoms. The Bertz CT molecular complexity index is 1240. The molecule has 0 saturated carbocycles. The molecule has 0 unspecified atom stereocenters. The van der Waals surface area contributed by atoms with Crippen LogP contribution in [0.25, 0.3) is 11.6 Å². The first kappa shape index (κ1) is 19.4. The number of aromatic hydroxyl groups is 1. The summed E-state index contributed by atoms with van der Waals surface area (Å²) in [6.07, 6.45) is 3.40. The number of aliphatic imine (C=N–C) groups is 1. The van der Waals surface area contributed by atoms with E-state index >= 15 is 0 Å². The van der Waals surface area contributed by atoms with E-state index < -0.39 is 4.87 Å². The van der Waals surface area contributed by atoms with Gasteiger partial charge in [0.05, 0.1) is 10.6 Å². The van der Waals surface area contributed by atoms with Crippen LogP contribution in [0.3, 0.4) is 0 Å². The van der Waals surface area contributed by atoms with Crippen molar-refractivity contribution < 1.29 is 9.90 Å². The minimum atomic E-state index is -0.404. The Morgan fingerprint density at radius 3 is 2.93 bits per heavy atom. The molecule has 146 valence electrons. The highest BCUT2D eigenvalue weighted by molar-refractivity contribution is 9.10. The van der Waals surface area contributed by atoms with Crippen LogP contribution in [0.15, 0.2) is 56.7 Å². The Hall–Kier alpha value is -2.97. The third-order valence-electron chi connectivity index (χ3n) is 4.40. The lowest BCUT2D eigenvalue weighted by atomic mass is 10.1. The maximum absolute atomic E-state index is 12.3. The summed E-state index contributed by atoms with van der Waals surface area (Å²) in [7, 11) is 0. The van der Waals surface area contributed by atoms with Crippen molar-refractivity contribution in [3.8, 4) is 5.88 Å². The second-order valence-electron chi connectivity index (χ2n) is 6.58. The highest BCUT2D eigenvalue weighted by Crippen LogP contribution is 2.36. The van der Waals surface area contributed by atoms with Gasteiger partial charge in [-0.1, -0.05) is 39.4 Å². The van der Waals surface area contributed by atoms with Gasteiger partial charge in [0.15, 0.2) is 0 Å². The smallest absolute Gasteiger partial charge is 0.311 e. The molecule has 0 aliphatic carbocycles. The van der Waals surface area contributed by atoms with Crippen LogP contribution in [0.5, 0.6) is 5.88 Å². The number of halogens is 1. The summed E-state index contributed by atoms with van der Waals surface area (Å²) in [5.41, 5.74) is 4.17. The molecule has 0 spiro atoms. The first-order valence-electron chi connectivity index (χ1n) is 8.75. The molecule has 0 atom stereocenters. The van der Waals surface area contributed by atoms with Crippen molar-refractivity contribution in [2.24, 2.45) is 4.99 Å². The molecular formula is C21H16BrN3O3S. The van der Waals surface area contributed by atoms with Crippen molar-refractivity contribution in [3.63, 3.8) is 0 Å². The van der Waals surface area contributed by atoms with Crippen LogP contribution in [-0.2, 0) is 11.3 Å². The van der Waals surface area contributed by atoms with Gasteiger partial charge in [-0.05, 0) is 48.9 Å². The molecule has 2 heterocycles. The highest BCUT2D eigenvalue weighted by atomic mass is 79.9. The number of fused-ring (bicyclic) bond motifs is 1. The van der Waals surface area contributed by atoms with Gasteiger partial charge >= 0.3 is 4.87 Å². The topological polar surface area (TPSA) is 83.7 Å². The highest BCUT2D eigenvalue weighted by Gasteiger charge is 2.18. The largest absolute Gasteiger partial charge is 0.493 e. The predicted molar refractivity (Wildman–Crippen MR) is 120 cm³/mol. The van der Waals surface area contributed by atoms with Crippen molar-refractivity contribution in [2.75, 3.05) is 5.32 Å². The number of hydrogen-bond acceptors (Lipinski definition) is 5. The first-order chi connectivity index (χ1) is 13.9. The van der Waals surface area contributed by atoms with Gasteiger partial charge in [0.1, 0.15) is 6.54 Å². The number of anilines is 1. The maximum Gasteiger partial charge on any atom is 0.311 e. The standard InChI is InChI=1S/C21H16BrN3O3S/c1-12-3-2-4-15(7-12)24-19(26)11-25-20(27)18(29-21(25)28)8-13-10-23-17-6-5-14(22)9-16(13)17/h2-10,27H,11H2,1H3,(H,24,26). The van der Waals surface area contributed by atoms with Crippen LogP contribution < -0.4 is 10.2 Å². The lowest BCUT2D eigenvalue weighted by Crippen LogP contribution is -2.24. The zero-order valence-electron chi connectivity index (χ0n) is 15.3. The molecule has 0 radical (unpaired) electrons. The molecule has 0 bridgehead atoms. The molecule has 2 N–H and O–H groups in total. The fourth-order valence-electron chi connectivity index (χ4n) is 3.03. The van der Waals surface area contributed by atoms with Gasteiger partial charge in [-0.3, -0.25) is 19.1 Å². The Morgan fingerprint density at radius 2 is 2.14 bits per heavy atom. The molecule has 2 aromatic carbocycles. The maximum atomic E-state index is 12.3. The molecule has 0 saturated heterocycles. The van der Waals surface area contributed by atoms with Crippen molar-refractivity contribution in [1.29, 1.82) is 0 Å². The van der Waals surface area contributed by atoms with Crippen LogP contribution in [0, 0.1) is 6.92 Å². The average Bonchev–Trinajstić information content (AvgIpc) is 3.17. The third-order valence-corrected chi connectivity index (χ3v) is 5.80. The fraction of sp³-hybridized carbons (Fsp3) is 0.0952. The second-order valence-corrected chi connectivity index (χ2v) is 8.49. The van der Waals surface area contributed by atoms with Gasteiger partial charge in [-0.15, -0.1) is 0 Å². The Kier molecular flexibility index (Phi) is 5.21. The lowest BCUT2D eigenvalue weighted by Gasteiger charge is -2.07. The molecule has 1 amide bonds. The molecule has 8 heteroatoms. The lowest BCUT2D eigenvalue weighted by molar-refractivity contribution is -0.116. The zero-order chi connectivity index (χ0) is 20.5. The average molecular weight is 470 g/mol. The molecule has 1 aliphatic rings. The third kappa shape index (κ3) is 4.08. The number of hydrogen-bond donors (Lipinski definition) is 2. The van der Waals surface area contributed by atoms with Gasteiger partial charge < -0.3 is 10.4 Å². The summed E-state index contributed by atoms with van der Waals surface area (Å²) >= 11 is 4.32. The number of amides is 1. The summed E-state index contributed by atoms with van der Waals surface area (Å²) in [6, 6.07) is 13.1. The van der Waals surface area contributed by atoms with E-state index in [1.165, 1.54) is 0 Å². The Morgan fingerprint density at radius 1 is 1.31 bits per heavy atom. The molecular weight excluding hydrogens is 454 g/mol. The van der Waals surface area contributed by atoms with Gasteiger partial charge in [-0.2, -0.15) is 0 Å². The SMILES string of the molecule is Cc1cccc(NC(=O)Cn2c(O)c(C=C3C=Nc4ccc(Br)cc43)sc2=O)c1. The van der Waals surface area contributed by atoms with Gasteiger partial charge in [-0.25, -0.2) is 0 Å². The van der Waals surface area contributed by atoms with Gasteiger partial charge in [0.25, 0.3) is 0 Å².